The van der Waals surface area contributed by atoms with Gasteiger partial charge in [0.05, 0.1) is 7.11 Å². The van der Waals surface area contributed by atoms with Gasteiger partial charge in [0.25, 0.3) is 11.8 Å². The van der Waals surface area contributed by atoms with Crippen LogP contribution in [0, 0.1) is 0 Å². The Morgan fingerprint density at radius 3 is 2.60 bits per heavy atom. The first-order chi connectivity index (χ1) is 12.1. The zero-order valence-corrected chi connectivity index (χ0v) is 14.5. The zero-order valence-electron chi connectivity index (χ0n) is 14.5. The van der Waals surface area contributed by atoms with Gasteiger partial charge in [-0.1, -0.05) is 19.1 Å². The molecule has 0 fully saturated rings. The molecular weight excluding hydrogens is 316 g/mol. The number of carbonyl (C=O) groups excluding carboxylic acids is 2. The second-order valence-electron chi connectivity index (χ2n) is 6.13. The number of amides is 2. The third-order valence-electron chi connectivity index (χ3n) is 4.33. The fraction of sp³-hybridized carbons (Fsp3) is 0.300. The first-order valence-corrected chi connectivity index (χ1v) is 8.45. The molecule has 1 N–H and O–H groups in total. The highest BCUT2D eigenvalue weighted by Crippen LogP contribution is 2.27. The molecule has 130 valence electrons. The topological polar surface area (TPSA) is 58.6 Å². The molecule has 0 saturated carbocycles. The van der Waals surface area contributed by atoms with E-state index in [2.05, 4.69) is 5.32 Å². The second-order valence-corrected chi connectivity index (χ2v) is 6.13. The Morgan fingerprint density at radius 2 is 1.84 bits per heavy atom. The molecule has 2 amide bonds. The highest BCUT2D eigenvalue weighted by atomic mass is 16.5. The molecule has 0 spiro atoms. The first-order valence-electron chi connectivity index (χ1n) is 8.45. The summed E-state index contributed by atoms with van der Waals surface area (Å²) in [7, 11) is 1.63. The Bertz CT molecular complexity index is 801. The molecule has 5 heteroatoms. The molecule has 3 rings (SSSR count). The summed E-state index contributed by atoms with van der Waals surface area (Å²) in [5.41, 5.74) is 3.28. The van der Waals surface area contributed by atoms with Gasteiger partial charge in [-0.25, -0.2) is 0 Å². The predicted molar refractivity (Wildman–Crippen MR) is 95.6 cm³/mol. The van der Waals surface area contributed by atoms with Gasteiger partial charge in [-0.15, -0.1) is 0 Å². The Hall–Kier alpha value is -2.82. The zero-order chi connectivity index (χ0) is 17.8. The van der Waals surface area contributed by atoms with Gasteiger partial charge in [-0.05, 0) is 47.9 Å². The molecule has 25 heavy (non-hydrogen) atoms. The predicted octanol–water partition coefficient (Wildman–Crippen LogP) is 2.99. The van der Waals surface area contributed by atoms with Crippen LogP contribution in [0.4, 0.5) is 0 Å². The maximum Gasteiger partial charge on any atom is 0.254 e. The Morgan fingerprint density at radius 1 is 1.08 bits per heavy atom. The Labute approximate surface area is 147 Å². The molecule has 2 aromatic rings. The molecule has 0 aliphatic carbocycles. The minimum Gasteiger partial charge on any atom is -0.497 e. The fourth-order valence-electron chi connectivity index (χ4n) is 2.96. The number of nitrogens with one attached hydrogen (secondary N) is 1. The van der Waals surface area contributed by atoms with Crippen LogP contribution in [0.3, 0.4) is 0 Å². The number of hydrogen-bond donors (Lipinski definition) is 1. The summed E-state index contributed by atoms with van der Waals surface area (Å²) in [6.07, 6.45) is 0.875. The van der Waals surface area contributed by atoms with Crippen molar-refractivity contribution in [2.24, 2.45) is 0 Å². The Kier molecular flexibility index (Phi) is 5.03. The Balaban J connectivity index is 1.75. The smallest absolute Gasteiger partial charge is 0.254 e. The molecule has 0 bridgehead atoms. The largest absolute Gasteiger partial charge is 0.497 e. The summed E-state index contributed by atoms with van der Waals surface area (Å²) in [4.78, 5) is 26.7. The van der Waals surface area contributed by atoms with E-state index in [0.29, 0.717) is 30.8 Å². The number of carbonyl (C=O) groups is 2. The van der Waals surface area contributed by atoms with Gasteiger partial charge in [0, 0.05) is 30.8 Å². The normalized spacial score (nSPS) is 12.6. The minimum absolute atomic E-state index is 0.0692. The van der Waals surface area contributed by atoms with E-state index in [0.717, 1.165) is 23.3 Å². The number of fused-ring (bicyclic) bond motifs is 1. The van der Waals surface area contributed by atoms with Crippen LogP contribution in [0.25, 0.3) is 0 Å². The number of ether oxygens (including phenoxy) is 1. The molecule has 2 aromatic carbocycles. The van der Waals surface area contributed by atoms with Crippen molar-refractivity contribution in [3.8, 4) is 5.75 Å². The minimum atomic E-state index is -0.147. The summed E-state index contributed by atoms with van der Waals surface area (Å²) in [5, 5.41) is 2.83. The van der Waals surface area contributed by atoms with E-state index in [1.165, 1.54) is 0 Å². The lowest BCUT2D eigenvalue weighted by atomic mass is 10.1. The highest BCUT2D eigenvalue weighted by molar-refractivity contribution is 5.99. The van der Waals surface area contributed by atoms with Crippen LogP contribution in [0.2, 0.25) is 0 Å². The lowest BCUT2D eigenvalue weighted by molar-refractivity contribution is 0.0751. The standard InChI is InChI=1S/C20H22N2O3/c1-3-9-21-19(23)14-5-4-6-15(10-14)20(24)22-12-16-7-8-18(25-2)11-17(16)13-22/h4-8,10-11H,3,9,12-13H2,1-2H3,(H,21,23). The molecule has 0 aromatic heterocycles. The summed E-state index contributed by atoms with van der Waals surface area (Å²) in [6, 6.07) is 12.8. The number of methoxy groups -OCH3 is 1. The molecule has 1 aliphatic rings. The maximum atomic E-state index is 12.8. The van der Waals surface area contributed by atoms with Gasteiger partial charge in [-0.2, -0.15) is 0 Å². The summed E-state index contributed by atoms with van der Waals surface area (Å²) in [6.45, 7) is 3.75. The van der Waals surface area contributed by atoms with Crippen LogP contribution in [0.1, 0.15) is 45.2 Å². The lowest BCUT2D eigenvalue weighted by Crippen LogP contribution is -2.27. The fourth-order valence-corrected chi connectivity index (χ4v) is 2.96. The van der Waals surface area contributed by atoms with E-state index in [4.69, 9.17) is 4.74 Å². The van der Waals surface area contributed by atoms with Gasteiger partial charge in [0.2, 0.25) is 0 Å². The van der Waals surface area contributed by atoms with Crippen LogP contribution in [-0.4, -0.2) is 30.4 Å². The van der Waals surface area contributed by atoms with E-state index in [-0.39, 0.29) is 11.8 Å². The van der Waals surface area contributed by atoms with Crippen LogP contribution in [0.15, 0.2) is 42.5 Å². The van der Waals surface area contributed by atoms with Crippen LogP contribution in [-0.2, 0) is 13.1 Å². The van der Waals surface area contributed by atoms with Gasteiger partial charge in [-0.3, -0.25) is 9.59 Å². The van der Waals surface area contributed by atoms with Crippen molar-refractivity contribution in [1.29, 1.82) is 0 Å². The molecule has 0 radical (unpaired) electrons. The highest BCUT2D eigenvalue weighted by Gasteiger charge is 2.25. The molecule has 1 heterocycles. The van der Waals surface area contributed by atoms with Crippen molar-refractivity contribution in [3.63, 3.8) is 0 Å². The molecular formula is C20H22N2O3. The average molecular weight is 338 g/mol. The molecule has 1 aliphatic heterocycles. The maximum absolute atomic E-state index is 12.8. The number of rotatable bonds is 5. The molecule has 0 saturated heterocycles. The first kappa shape index (κ1) is 17.0. The van der Waals surface area contributed by atoms with Gasteiger partial charge in [0.1, 0.15) is 5.75 Å². The van der Waals surface area contributed by atoms with Crippen molar-refractivity contribution < 1.29 is 14.3 Å². The molecule has 5 nitrogen and oxygen atoms in total. The van der Waals surface area contributed by atoms with Crippen molar-refractivity contribution in [2.45, 2.75) is 26.4 Å². The van der Waals surface area contributed by atoms with Gasteiger partial charge >= 0.3 is 0 Å². The van der Waals surface area contributed by atoms with Gasteiger partial charge in [0.15, 0.2) is 0 Å². The average Bonchev–Trinajstić information content (AvgIpc) is 3.08. The van der Waals surface area contributed by atoms with E-state index in [1.807, 2.05) is 25.1 Å². The monoisotopic (exact) mass is 338 g/mol. The third kappa shape index (κ3) is 3.65. The van der Waals surface area contributed by atoms with Crippen molar-refractivity contribution in [3.05, 3.63) is 64.7 Å². The third-order valence-corrected chi connectivity index (χ3v) is 4.33. The second kappa shape index (κ2) is 7.38. The summed E-state index contributed by atoms with van der Waals surface area (Å²) >= 11 is 0. The SMILES string of the molecule is CCCNC(=O)c1cccc(C(=O)N2Cc3ccc(OC)cc3C2)c1. The molecule has 0 atom stereocenters. The quantitative estimate of drug-likeness (QED) is 0.912. The summed E-state index contributed by atoms with van der Waals surface area (Å²) < 4.78 is 5.25. The lowest BCUT2D eigenvalue weighted by Gasteiger charge is -2.16. The van der Waals surface area contributed by atoms with Crippen molar-refractivity contribution in [1.82, 2.24) is 10.2 Å². The number of nitrogens with zero attached hydrogens (tertiary/aromatic N) is 1. The van der Waals surface area contributed by atoms with Crippen molar-refractivity contribution in [2.75, 3.05) is 13.7 Å². The van der Waals surface area contributed by atoms with Crippen LogP contribution < -0.4 is 10.1 Å². The van der Waals surface area contributed by atoms with Gasteiger partial charge < -0.3 is 15.0 Å². The number of hydrogen-bond acceptors (Lipinski definition) is 3. The molecule has 0 unspecified atom stereocenters. The van der Waals surface area contributed by atoms with Crippen molar-refractivity contribution >= 4 is 11.8 Å². The van der Waals surface area contributed by atoms with E-state index < -0.39 is 0 Å². The van der Waals surface area contributed by atoms with E-state index in [1.54, 1.807) is 36.3 Å². The summed E-state index contributed by atoms with van der Waals surface area (Å²) in [5.74, 6) is 0.578. The van der Waals surface area contributed by atoms with E-state index in [9.17, 15) is 9.59 Å². The van der Waals surface area contributed by atoms with Crippen LogP contribution >= 0.6 is 0 Å². The van der Waals surface area contributed by atoms with E-state index >= 15 is 0 Å². The number of benzene rings is 2. The van der Waals surface area contributed by atoms with Crippen LogP contribution in [0.5, 0.6) is 5.75 Å².